The van der Waals surface area contributed by atoms with Crippen LogP contribution >= 0.6 is 27.5 Å². The summed E-state index contributed by atoms with van der Waals surface area (Å²) in [4.78, 5) is 16.8. The van der Waals surface area contributed by atoms with Gasteiger partial charge in [-0.25, -0.2) is 14.2 Å². The van der Waals surface area contributed by atoms with Gasteiger partial charge in [0.05, 0.1) is 16.4 Å². The van der Waals surface area contributed by atoms with E-state index >= 15 is 0 Å². The van der Waals surface area contributed by atoms with Crippen LogP contribution in [0.4, 0.5) is 20.7 Å². The highest BCUT2D eigenvalue weighted by molar-refractivity contribution is 9.10. The summed E-state index contributed by atoms with van der Waals surface area (Å²) in [6, 6.07) is 22.6. The number of carbonyl (C=O) groups is 1. The Morgan fingerprint density at radius 3 is 2.41 bits per heavy atom. The van der Waals surface area contributed by atoms with Crippen molar-refractivity contribution in [2.45, 2.75) is 13.1 Å². The largest absolute Gasteiger partial charge is 0.366 e. The molecule has 0 unspecified atom stereocenters. The third kappa shape index (κ3) is 5.90. The van der Waals surface area contributed by atoms with Crippen molar-refractivity contribution in [2.75, 3.05) is 10.6 Å². The van der Waals surface area contributed by atoms with E-state index in [1.807, 2.05) is 54.6 Å². The molecule has 0 fully saturated rings. The summed E-state index contributed by atoms with van der Waals surface area (Å²) in [5.41, 5.74) is 4.77. The molecular formula is C27H21BrClFN6O. The second-order valence-electron chi connectivity index (χ2n) is 8.22. The van der Waals surface area contributed by atoms with E-state index in [1.165, 1.54) is 24.3 Å². The number of benzene rings is 3. The lowest BCUT2D eigenvalue weighted by Crippen LogP contribution is -2.28. The number of aromatic nitrogens is 3. The van der Waals surface area contributed by atoms with Crippen molar-refractivity contribution < 1.29 is 9.18 Å². The number of amides is 2. The van der Waals surface area contributed by atoms with Gasteiger partial charge in [-0.2, -0.15) is 9.61 Å². The second-order valence-corrected chi connectivity index (χ2v) is 9.48. The minimum absolute atomic E-state index is 0.354. The Kier molecular flexibility index (Phi) is 7.34. The molecule has 0 bridgehead atoms. The average Bonchev–Trinajstić information content (AvgIpc) is 3.29. The van der Waals surface area contributed by atoms with Crippen LogP contribution in [0.2, 0.25) is 5.02 Å². The molecule has 2 heterocycles. The van der Waals surface area contributed by atoms with Gasteiger partial charge >= 0.3 is 6.03 Å². The number of fused-ring (bicyclic) bond motifs is 1. The first-order valence-corrected chi connectivity index (χ1v) is 12.5. The normalized spacial score (nSPS) is 10.9. The highest BCUT2D eigenvalue weighted by Crippen LogP contribution is 2.30. The van der Waals surface area contributed by atoms with E-state index in [0.717, 1.165) is 32.7 Å². The molecule has 3 aromatic carbocycles. The molecule has 0 aliphatic rings. The third-order valence-electron chi connectivity index (χ3n) is 5.63. The molecule has 2 amide bonds. The van der Waals surface area contributed by atoms with Gasteiger partial charge in [0.25, 0.3) is 0 Å². The van der Waals surface area contributed by atoms with E-state index in [-0.39, 0.29) is 11.8 Å². The zero-order valence-corrected chi connectivity index (χ0v) is 21.7. The van der Waals surface area contributed by atoms with E-state index in [4.69, 9.17) is 16.6 Å². The van der Waals surface area contributed by atoms with Gasteiger partial charge in [0.15, 0.2) is 5.65 Å². The number of anilines is 2. The number of rotatable bonds is 7. The van der Waals surface area contributed by atoms with Gasteiger partial charge in [-0.1, -0.05) is 54.1 Å². The van der Waals surface area contributed by atoms with Crippen molar-refractivity contribution in [1.29, 1.82) is 0 Å². The van der Waals surface area contributed by atoms with Gasteiger partial charge in [0.1, 0.15) is 11.6 Å². The predicted molar refractivity (Wildman–Crippen MR) is 147 cm³/mol. The van der Waals surface area contributed by atoms with Crippen LogP contribution in [-0.2, 0) is 13.1 Å². The number of halogens is 3. The fraction of sp³-hybridized carbons (Fsp3) is 0.0741. The van der Waals surface area contributed by atoms with Gasteiger partial charge in [-0.15, -0.1) is 0 Å². The van der Waals surface area contributed by atoms with E-state index in [1.54, 1.807) is 10.7 Å². The highest BCUT2D eigenvalue weighted by atomic mass is 79.9. The zero-order valence-electron chi connectivity index (χ0n) is 19.4. The van der Waals surface area contributed by atoms with Crippen LogP contribution in [0.5, 0.6) is 0 Å². The molecule has 186 valence electrons. The molecule has 0 atom stereocenters. The van der Waals surface area contributed by atoms with Gasteiger partial charge in [-0.05, 0) is 57.4 Å². The van der Waals surface area contributed by atoms with Crippen LogP contribution < -0.4 is 16.0 Å². The average molecular weight is 580 g/mol. The molecule has 0 saturated heterocycles. The molecule has 5 aromatic rings. The Morgan fingerprint density at radius 1 is 0.973 bits per heavy atom. The summed E-state index contributed by atoms with van der Waals surface area (Å²) in [5.74, 6) is 0.418. The van der Waals surface area contributed by atoms with Gasteiger partial charge in [0, 0.05) is 35.4 Å². The topological polar surface area (TPSA) is 83.3 Å². The molecular weight excluding hydrogens is 559 g/mol. The first kappa shape index (κ1) is 24.7. The summed E-state index contributed by atoms with van der Waals surface area (Å²) in [6.07, 6.45) is 1.71. The van der Waals surface area contributed by atoms with Crippen molar-refractivity contribution in [2.24, 2.45) is 0 Å². The summed E-state index contributed by atoms with van der Waals surface area (Å²) in [6.45, 7) is 0.908. The Labute approximate surface area is 225 Å². The third-order valence-corrected chi connectivity index (χ3v) is 6.52. The molecule has 37 heavy (non-hydrogen) atoms. The summed E-state index contributed by atoms with van der Waals surface area (Å²) >= 11 is 9.94. The van der Waals surface area contributed by atoms with Crippen molar-refractivity contribution >= 4 is 50.7 Å². The summed E-state index contributed by atoms with van der Waals surface area (Å²) < 4.78 is 15.5. The first-order valence-electron chi connectivity index (χ1n) is 11.4. The quantitative estimate of drug-likeness (QED) is 0.196. The minimum atomic E-state index is -0.362. The molecule has 0 spiro atoms. The first-order chi connectivity index (χ1) is 18.0. The Hall–Kier alpha value is -3.95. The van der Waals surface area contributed by atoms with Crippen LogP contribution in [-0.4, -0.2) is 20.6 Å². The SMILES string of the molecule is O=C(NCc1ccc(CNc2cc(-c3ccccc3Cl)nc3c(Br)cnn23)cc1)Nc1ccc(F)cc1. The van der Waals surface area contributed by atoms with Crippen LogP contribution in [0.15, 0.2) is 89.5 Å². The number of nitrogens with one attached hydrogen (secondary N) is 3. The Morgan fingerprint density at radius 2 is 1.68 bits per heavy atom. The van der Waals surface area contributed by atoms with Crippen molar-refractivity contribution in [3.63, 3.8) is 0 Å². The van der Waals surface area contributed by atoms with Crippen molar-refractivity contribution in [3.05, 3.63) is 111 Å². The molecule has 10 heteroatoms. The standard InChI is InChI=1S/C27H21BrClFN6O/c28-22-16-33-36-25(13-24(35-26(22)36)21-3-1-2-4-23(21)29)31-14-17-5-7-18(8-6-17)15-32-27(37)34-20-11-9-19(30)10-12-20/h1-13,16,31H,14-15H2,(H2,32,34,37). The fourth-order valence-electron chi connectivity index (χ4n) is 3.73. The number of hydrogen-bond donors (Lipinski definition) is 3. The fourth-order valence-corrected chi connectivity index (χ4v) is 4.31. The molecule has 5 rings (SSSR count). The van der Waals surface area contributed by atoms with Crippen molar-refractivity contribution in [3.8, 4) is 11.3 Å². The van der Waals surface area contributed by atoms with E-state index in [2.05, 4.69) is 37.0 Å². The van der Waals surface area contributed by atoms with E-state index < -0.39 is 0 Å². The molecule has 2 aromatic heterocycles. The maximum Gasteiger partial charge on any atom is 0.319 e. The minimum Gasteiger partial charge on any atom is -0.366 e. The molecule has 0 radical (unpaired) electrons. The molecule has 7 nitrogen and oxygen atoms in total. The van der Waals surface area contributed by atoms with Crippen LogP contribution in [0.3, 0.4) is 0 Å². The Bertz CT molecular complexity index is 1560. The molecule has 0 aliphatic carbocycles. The molecule has 0 aliphatic heterocycles. The van der Waals surface area contributed by atoms with Crippen LogP contribution in [0.1, 0.15) is 11.1 Å². The number of nitrogens with zero attached hydrogens (tertiary/aromatic N) is 3. The highest BCUT2D eigenvalue weighted by Gasteiger charge is 2.13. The second kappa shape index (κ2) is 11.0. The van der Waals surface area contributed by atoms with E-state index in [0.29, 0.717) is 29.4 Å². The molecule has 0 saturated carbocycles. The van der Waals surface area contributed by atoms with E-state index in [9.17, 15) is 9.18 Å². The van der Waals surface area contributed by atoms with Crippen molar-refractivity contribution in [1.82, 2.24) is 19.9 Å². The van der Waals surface area contributed by atoms with Gasteiger partial charge < -0.3 is 16.0 Å². The monoisotopic (exact) mass is 578 g/mol. The smallest absolute Gasteiger partial charge is 0.319 e. The predicted octanol–water partition coefficient (Wildman–Crippen LogP) is 6.89. The molecule has 3 N–H and O–H groups in total. The number of hydrogen-bond acceptors (Lipinski definition) is 4. The maximum atomic E-state index is 13.0. The van der Waals surface area contributed by atoms with Gasteiger partial charge in [0.2, 0.25) is 0 Å². The van der Waals surface area contributed by atoms with Crippen LogP contribution in [0.25, 0.3) is 16.9 Å². The number of carbonyl (C=O) groups excluding carboxylic acids is 1. The lowest BCUT2D eigenvalue weighted by Gasteiger charge is -2.12. The Balaban J connectivity index is 1.24. The summed E-state index contributed by atoms with van der Waals surface area (Å²) in [5, 5.41) is 14.0. The lowest BCUT2D eigenvalue weighted by atomic mass is 10.1. The van der Waals surface area contributed by atoms with Gasteiger partial charge in [-0.3, -0.25) is 0 Å². The summed E-state index contributed by atoms with van der Waals surface area (Å²) in [7, 11) is 0. The number of urea groups is 1. The maximum absolute atomic E-state index is 13.0. The lowest BCUT2D eigenvalue weighted by molar-refractivity contribution is 0.251. The zero-order chi connectivity index (χ0) is 25.8. The van der Waals surface area contributed by atoms with Crippen LogP contribution in [0, 0.1) is 5.82 Å².